The van der Waals surface area contributed by atoms with E-state index in [1.807, 2.05) is 19.1 Å². The molecule has 0 bridgehead atoms. The number of halogens is 1. The standard InChI is InChI=1S/C14H20ClN/c1-4-7-13(16-10-5-2)12-9-6-8-11(3)14(12)15/h4,6,8-9,13,16H,1,5,7,10H2,2-3H3. The van der Waals surface area contributed by atoms with Crippen LogP contribution in [0.15, 0.2) is 30.9 Å². The predicted molar refractivity (Wildman–Crippen MR) is 72.0 cm³/mol. The van der Waals surface area contributed by atoms with Gasteiger partial charge in [0.15, 0.2) is 0 Å². The number of aryl methyl sites for hydroxylation is 1. The number of rotatable bonds is 6. The Morgan fingerprint density at radius 1 is 1.50 bits per heavy atom. The molecule has 1 N–H and O–H groups in total. The molecule has 0 saturated heterocycles. The molecule has 0 heterocycles. The molecular weight excluding hydrogens is 218 g/mol. The molecule has 0 aliphatic rings. The van der Waals surface area contributed by atoms with Gasteiger partial charge in [0.05, 0.1) is 0 Å². The van der Waals surface area contributed by atoms with Crippen molar-refractivity contribution in [1.29, 1.82) is 0 Å². The summed E-state index contributed by atoms with van der Waals surface area (Å²) in [5.74, 6) is 0. The minimum Gasteiger partial charge on any atom is -0.310 e. The Hall–Kier alpha value is -0.790. The van der Waals surface area contributed by atoms with Gasteiger partial charge in [0.2, 0.25) is 0 Å². The van der Waals surface area contributed by atoms with Gasteiger partial charge in [-0.15, -0.1) is 6.58 Å². The molecule has 1 aromatic rings. The lowest BCUT2D eigenvalue weighted by Gasteiger charge is -2.19. The van der Waals surface area contributed by atoms with Crippen LogP contribution in [0, 0.1) is 6.92 Å². The van der Waals surface area contributed by atoms with E-state index < -0.39 is 0 Å². The topological polar surface area (TPSA) is 12.0 Å². The van der Waals surface area contributed by atoms with Gasteiger partial charge in [-0.05, 0) is 37.4 Å². The third kappa shape index (κ3) is 3.36. The second-order valence-corrected chi connectivity index (χ2v) is 4.39. The molecule has 1 nitrogen and oxygen atoms in total. The van der Waals surface area contributed by atoms with Crippen LogP contribution in [-0.4, -0.2) is 6.54 Å². The summed E-state index contributed by atoms with van der Waals surface area (Å²) in [6, 6.07) is 6.47. The second-order valence-electron chi connectivity index (χ2n) is 4.01. The molecule has 0 aliphatic heterocycles. The fourth-order valence-corrected chi connectivity index (χ4v) is 2.00. The first kappa shape index (κ1) is 13.3. The van der Waals surface area contributed by atoms with Crippen LogP contribution in [-0.2, 0) is 0 Å². The second kappa shape index (κ2) is 6.72. The van der Waals surface area contributed by atoms with Crippen molar-refractivity contribution in [1.82, 2.24) is 5.32 Å². The van der Waals surface area contributed by atoms with Crippen molar-refractivity contribution in [3.63, 3.8) is 0 Å². The largest absolute Gasteiger partial charge is 0.310 e. The van der Waals surface area contributed by atoms with Crippen LogP contribution in [0.3, 0.4) is 0 Å². The average Bonchev–Trinajstić information content (AvgIpc) is 2.28. The maximum atomic E-state index is 6.33. The molecule has 0 fully saturated rings. The molecule has 1 unspecified atom stereocenters. The fraction of sp³-hybridized carbons (Fsp3) is 0.429. The molecule has 1 rings (SSSR count). The Labute approximate surface area is 104 Å². The lowest BCUT2D eigenvalue weighted by atomic mass is 10.0. The van der Waals surface area contributed by atoms with Gasteiger partial charge in [0.1, 0.15) is 0 Å². The molecule has 0 amide bonds. The van der Waals surface area contributed by atoms with Gasteiger partial charge in [-0.3, -0.25) is 0 Å². The van der Waals surface area contributed by atoms with E-state index >= 15 is 0 Å². The minimum absolute atomic E-state index is 0.282. The Morgan fingerprint density at radius 3 is 2.88 bits per heavy atom. The van der Waals surface area contributed by atoms with Crippen LogP contribution in [0.25, 0.3) is 0 Å². The van der Waals surface area contributed by atoms with Gasteiger partial charge < -0.3 is 5.32 Å². The summed E-state index contributed by atoms with van der Waals surface area (Å²) in [6.07, 6.45) is 3.96. The van der Waals surface area contributed by atoms with Crippen LogP contribution >= 0.6 is 11.6 Å². The zero-order valence-corrected chi connectivity index (χ0v) is 10.8. The van der Waals surface area contributed by atoms with E-state index in [0.717, 1.165) is 30.0 Å². The number of hydrogen-bond acceptors (Lipinski definition) is 1. The van der Waals surface area contributed by atoms with Gasteiger partial charge in [-0.1, -0.05) is 42.8 Å². The van der Waals surface area contributed by atoms with Crippen molar-refractivity contribution in [2.75, 3.05) is 6.54 Å². The highest BCUT2D eigenvalue weighted by atomic mass is 35.5. The van der Waals surface area contributed by atoms with E-state index in [4.69, 9.17) is 11.6 Å². The van der Waals surface area contributed by atoms with E-state index in [2.05, 4.69) is 31.0 Å². The summed E-state index contributed by atoms with van der Waals surface area (Å²) in [4.78, 5) is 0. The van der Waals surface area contributed by atoms with E-state index in [9.17, 15) is 0 Å². The molecule has 88 valence electrons. The quantitative estimate of drug-likeness (QED) is 0.729. The fourth-order valence-electron chi connectivity index (χ4n) is 1.74. The van der Waals surface area contributed by atoms with E-state index in [0.29, 0.717) is 0 Å². The maximum Gasteiger partial charge on any atom is 0.0483 e. The van der Waals surface area contributed by atoms with Gasteiger partial charge >= 0.3 is 0 Å². The third-order valence-electron chi connectivity index (χ3n) is 2.64. The van der Waals surface area contributed by atoms with Crippen molar-refractivity contribution in [3.8, 4) is 0 Å². The summed E-state index contributed by atoms with van der Waals surface area (Å²) in [7, 11) is 0. The molecule has 0 aliphatic carbocycles. The summed E-state index contributed by atoms with van der Waals surface area (Å²) in [5, 5.41) is 4.37. The molecule has 1 aromatic carbocycles. The normalized spacial score (nSPS) is 12.4. The highest BCUT2D eigenvalue weighted by molar-refractivity contribution is 6.32. The van der Waals surface area contributed by atoms with Crippen molar-refractivity contribution in [2.24, 2.45) is 0 Å². The predicted octanol–water partition coefficient (Wildman–Crippen LogP) is 4.27. The molecule has 1 atom stereocenters. The maximum absolute atomic E-state index is 6.33. The Balaban J connectivity index is 2.91. The number of nitrogens with one attached hydrogen (secondary N) is 1. The van der Waals surface area contributed by atoms with E-state index in [1.54, 1.807) is 0 Å². The molecule has 0 spiro atoms. The SMILES string of the molecule is C=CCC(NCCC)c1cccc(C)c1Cl. The molecule has 0 radical (unpaired) electrons. The summed E-state index contributed by atoms with van der Waals surface area (Å²) < 4.78 is 0. The lowest BCUT2D eigenvalue weighted by molar-refractivity contribution is 0.537. The lowest BCUT2D eigenvalue weighted by Crippen LogP contribution is -2.22. The van der Waals surface area contributed by atoms with Gasteiger partial charge in [0, 0.05) is 11.1 Å². The van der Waals surface area contributed by atoms with Crippen LogP contribution in [0.2, 0.25) is 5.02 Å². The van der Waals surface area contributed by atoms with E-state index in [-0.39, 0.29) is 6.04 Å². The Morgan fingerprint density at radius 2 is 2.25 bits per heavy atom. The molecule has 0 saturated carbocycles. The summed E-state index contributed by atoms with van der Waals surface area (Å²) >= 11 is 6.33. The monoisotopic (exact) mass is 237 g/mol. The first-order chi connectivity index (χ1) is 7.70. The van der Waals surface area contributed by atoms with Crippen LogP contribution in [0.5, 0.6) is 0 Å². The molecule has 2 heteroatoms. The zero-order chi connectivity index (χ0) is 12.0. The molecular formula is C14H20ClN. The summed E-state index contributed by atoms with van der Waals surface area (Å²) in [6.45, 7) is 9.01. The highest BCUT2D eigenvalue weighted by Gasteiger charge is 2.13. The highest BCUT2D eigenvalue weighted by Crippen LogP contribution is 2.28. The van der Waals surface area contributed by atoms with Gasteiger partial charge in [0.25, 0.3) is 0 Å². The summed E-state index contributed by atoms with van der Waals surface area (Å²) in [5.41, 5.74) is 2.31. The Kier molecular flexibility index (Phi) is 5.58. The smallest absolute Gasteiger partial charge is 0.0483 e. The van der Waals surface area contributed by atoms with Crippen LogP contribution in [0.4, 0.5) is 0 Å². The van der Waals surface area contributed by atoms with Gasteiger partial charge in [-0.25, -0.2) is 0 Å². The number of hydrogen-bond donors (Lipinski definition) is 1. The molecule has 16 heavy (non-hydrogen) atoms. The van der Waals surface area contributed by atoms with Crippen molar-refractivity contribution < 1.29 is 0 Å². The van der Waals surface area contributed by atoms with Crippen molar-refractivity contribution in [3.05, 3.63) is 47.0 Å². The first-order valence-corrected chi connectivity index (χ1v) is 6.17. The van der Waals surface area contributed by atoms with Crippen LogP contribution < -0.4 is 5.32 Å². The van der Waals surface area contributed by atoms with Crippen molar-refractivity contribution in [2.45, 2.75) is 32.7 Å². The van der Waals surface area contributed by atoms with E-state index in [1.165, 1.54) is 5.56 Å². The Bertz CT molecular complexity index is 347. The third-order valence-corrected chi connectivity index (χ3v) is 3.16. The average molecular weight is 238 g/mol. The van der Waals surface area contributed by atoms with Crippen LogP contribution in [0.1, 0.15) is 36.9 Å². The number of benzene rings is 1. The zero-order valence-electron chi connectivity index (χ0n) is 10.1. The first-order valence-electron chi connectivity index (χ1n) is 5.80. The van der Waals surface area contributed by atoms with Gasteiger partial charge in [-0.2, -0.15) is 0 Å². The minimum atomic E-state index is 0.282. The molecule has 0 aromatic heterocycles. The van der Waals surface area contributed by atoms with Crippen molar-refractivity contribution >= 4 is 11.6 Å².